The summed E-state index contributed by atoms with van der Waals surface area (Å²) in [7, 11) is 1.60. The van der Waals surface area contributed by atoms with E-state index in [0.29, 0.717) is 40.7 Å². The van der Waals surface area contributed by atoms with Gasteiger partial charge in [0.15, 0.2) is 11.5 Å². The zero-order valence-electron chi connectivity index (χ0n) is 14.8. The van der Waals surface area contributed by atoms with Crippen LogP contribution in [-0.4, -0.2) is 34.2 Å². The first-order valence-corrected chi connectivity index (χ1v) is 8.48. The fourth-order valence-electron chi connectivity index (χ4n) is 2.81. The van der Waals surface area contributed by atoms with Gasteiger partial charge in [-0.05, 0) is 36.4 Å². The topological polar surface area (TPSA) is 106 Å². The van der Waals surface area contributed by atoms with E-state index in [1.54, 1.807) is 7.11 Å². The summed E-state index contributed by atoms with van der Waals surface area (Å²) in [4.78, 5) is 4.39. The lowest BCUT2D eigenvalue weighted by Crippen LogP contribution is -1.92. The van der Waals surface area contributed by atoms with Crippen molar-refractivity contribution in [2.75, 3.05) is 13.9 Å². The summed E-state index contributed by atoms with van der Waals surface area (Å²) in [5.41, 5.74) is 1.53. The van der Waals surface area contributed by atoms with Crippen molar-refractivity contribution < 1.29 is 23.2 Å². The molecule has 0 fully saturated rings. The number of benzene rings is 2. The highest BCUT2D eigenvalue weighted by Gasteiger charge is 2.18. The Kier molecular flexibility index (Phi) is 3.90. The summed E-state index contributed by atoms with van der Waals surface area (Å²) < 4.78 is 26.9. The Morgan fingerprint density at radius 2 is 1.89 bits per heavy atom. The summed E-state index contributed by atoms with van der Waals surface area (Å²) >= 11 is 0. The molecule has 0 atom stereocenters. The molecule has 140 valence electrons. The van der Waals surface area contributed by atoms with E-state index >= 15 is 0 Å². The van der Waals surface area contributed by atoms with Crippen LogP contribution in [0.2, 0.25) is 0 Å². The monoisotopic (exact) mass is 378 g/mol. The molecule has 0 unspecified atom stereocenters. The molecule has 9 nitrogen and oxygen atoms in total. The van der Waals surface area contributed by atoms with Crippen molar-refractivity contribution in [3.8, 4) is 40.1 Å². The van der Waals surface area contributed by atoms with Crippen molar-refractivity contribution >= 4 is 0 Å². The summed E-state index contributed by atoms with van der Waals surface area (Å²) in [5.74, 6) is 3.65. The van der Waals surface area contributed by atoms with Gasteiger partial charge in [-0.3, -0.25) is 0 Å². The lowest BCUT2D eigenvalue weighted by atomic mass is 10.2. The van der Waals surface area contributed by atoms with Crippen molar-refractivity contribution in [3.63, 3.8) is 0 Å². The Balaban J connectivity index is 1.34. The number of nitrogens with zero attached hydrogens (tertiary/aromatic N) is 4. The molecule has 4 aromatic rings. The second-order valence-electron chi connectivity index (χ2n) is 5.99. The van der Waals surface area contributed by atoms with E-state index in [1.165, 1.54) is 0 Å². The van der Waals surface area contributed by atoms with E-state index < -0.39 is 0 Å². The van der Waals surface area contributed by atoms with Crippen LogP contribution in [0.1, 0.15) is 11.8 Å². The third kappa shape index (κ3) is 3.02. The maximum Gasteiger partial charge on any atom is 0.247 e. The smallest absolute Gasteiger partial charge is 0.247 e. The molecular weight excluding hydrogens is 364 g/mol. The first kappa shape index (κ1) is 16.3. The van der Waals surface area contributed by atoms with Crippen LogP contribution in [0.4, 0.5) is 0 Å². The zero-order chi connectivity index (χ0) is 18.9. The molecule has 0 aliphatic carbocycles. The van der Waals surface area contributed by atoms with Crippen LogP contribution in [0.25, 0.3) is 22.8 Å². The van der Waals surface area contributed by atoms with Gasteiger partial charge in [0.25, 0.3) is 0 Å². The maximum absolute atomic E-state index is 5.71. The summed E-state index contributed by atoms with van der Waals surface area (Å²) in [6.45, 7) is 0.211. The molecule has 0 saturated heterocycles. The molecule has 1 aliphatic heterocycles. The lowest BCUT2D eigenvalue weighted by molar-refractivity contribution is 0.174. The van der Waals surface area contributed by atoms with E-state index in [9.17, 15) is 0 Å². The number of fused-ring (bicyclic) bond motifs is 1. The van der Waals surface area contributed by atoms with Crippen LogP contribution in [0, 0.1) is 0 Å². The van der Waals surface area contributed by atoms with Gasteiger partial charge in [-0.2, -0.15) is 4.98 Å². The highest BCUT2D eigenvalue weighted by molar-refractivity contribution is 5.61. The molecule has 2 aromatic heterocycles. The minimum absolute atomic E-state index is 0.211. The largest absolute Gasteiger partial charge is 0.497 e. The number of hydrogen-bond acceptors (Lipinski definition) is 9. The van der Waals surface area contributed by atoms with Crippen LogP contribution >= 0.6 is 0 Å². The Morgan fingerprint density at radius 3 is 2.82 bits per heavy atom. The molecule has 0 saturated carbocycles. The van der Waals surface area contributed by atoms with Crippen LogP contribution in [0.15, 0.2) is 51.4 Å². The molecule has 3 heterocycles. The first-order valence-electron chi connectivity index (χ1n) is 8.48. The normalized spacial score (nSPS) is 12.3. The predicted octanol–water partition coefficient (Wildman–Crippen LogP) is 3.11. The van der Waals surface area contributed by atoms with Gasteiger partial charge in [0, 0.05) is 11.1 Å². The van der Waals surface area contributed by atoms with Crippen molar-refractivity contribution in [1.82, 2.24) is 20.3 Å². The van der Waals surface area contributed by atoms with Gasteiger partial charge in [0.05, 0.1) is 7.11 Å². The number of ether oxygens (including phenoxy) is 3. The molecule has 0 radical (unpaired) electrons. The number of rotatable bonds is 5. The van der Waals surface area contributed by atoms with Crippen molar-refractivity contribution in [3.05, 3.63) is 54.2 Å². The van der Waals surface area contributed by atoms with E-state index in [-0.39, 0.29) is 13.2 Å². The Morgan fingerprint density at radius 1 is 0.964 bits per heavy atom. The molecule has 0 amide bonds. The van der Waals surface area contributed by atoms with Crippen molar-refractivity contribution in [2.45, 2.75) is 6.42 Å². The van der Waals surface area contributed by atoms with Gasteiger partial charge >= 0.3 is 0 Å². The maximum atomic E-state index is 5.71. The van der Waals surface area contributed by atoms with Gasteiger partial charge in [0.1, 0.15) is 12.2 Å². The van der Waals surface area contributed by atoms with E-state index in [1.807, 2.05) is 42.5 Å². The molecular formula is C19H14N4O5. The quantitative estimate of drug-likeness (QED) is 0.518. The van der Waals surface area contributed by atoms with E-state index in [4.69, 9.17) is 23.2 Å². The summed E-state index contributed by atoms with van der Waals surface area (Å²) in [6.07, 6.45) is 0.231. The number of methoxy groups -OCH3 is 1. The van der Waals surface area contributed by atoms with Crippen LogP contribution in [0.3, 0.4) is 0 Å². The molecule has 0 spiro atoms. The van der Waals surface area contributed by atoms with Crippen LogP contribution in [-0.2, 0) is 6.42 Å². The fraction of sp³-hybridized carbons (Fsp3) is 0.158. The Hall–Kier alpha value is -3.88. The minimum Gasteiger partial charge on any atom is -0.497 e. The molecule has 0 bridgehead atoms. The van der Waals surface area contributed by atoms with Crippen LogP contribution in [0.5, 0.6) is 17.2 Å². The summed E-state index contributed by atoms with van der Waals surface area (Å²) in [5, 5.41) is 12.1. The number of aromatic nitrogens is 4. The molecule has 1 aliphatic rings. The molecule has 2 aromatic carbocycles. The third-order valence-electron chi connectivity index (χ3n) is 4.18. The van der Waals surface area contributed by atoms with Crippen molar-refractivity contribution in [1.29, 1.82) is 0 Å². The van der Waals surface area contributed by atoms with Gasteiger partial charge in [-0.1, -0.05) is 11.2 Å². The second kappa shape index (κ2) is 6.69. The highest BCUT2D eigenvalue weighted by atomic mass is 16.7. The Labute approximate surface area is 158 Å². The average molecular weight is 378 g/mol. The van der Waals surface area contributed by atoms with Gasteiger partial charge in [-0.15, -0.1) is 10.2 Å². The zero-order valence-corrected chi connectivity index (χ0v) is 14.8. The SMILES string of the molecule is COc1cccc(-c2nnc(Cc3nc(-c4ccc5c(c4)OCO5)no3)o2)c1. The van der Waals surface area contributed by atoms with Gasteiger partial charge < -0.3 is 23.2 Å². The second-order valence-corrected chi connectivity index (χ2v) is 5.99. The van der Waals surface area contributed by atoms with Gasteiger partial charge in [-0.25, -0.2) is 0 Å². The molecule has 0 N–H and O–H groups in total. The minimum atomic E-state index is 0.211. The first-order chi connectivity index (χ1) is 13.8. The molecule has 5 rings (SSSR count). The summed E-state index contributed by atoms with van der Waals surface area (Å²) in [6, 6.07) is 12.9. The number of hydrogen-bond donors (Lipinski definition) is 0. The Bertz CT molecular complexity index is 1140. The standard InChI is InChI=1S/C19H14N4O5/c1-24-13-4-2-3-12(7-13)19-22-21-17(27-19)9-16-20-18(23-28-16)11-5-6-14-15(8-11)26-10-25-14/h2-8H,9-10H2,1H3. The average Bonchev–Trinajstić information content (AvgIpc) is 3.48. The van der Waals surface area contributed by atoms with Gasteiger partial charge in [0.2, 0.25) is 30.3 Å². The third-order valence-corrected chi connectivity index (χ3v) is 4.18. The van der Waals surface area contributed by atoms with Crippen LogP contribution < -0.4 is 14.2 Å². The highest BCUT2D eigenvalue weighted by Crippen LogP contribution is 2.35. The van der Waals surface area contributed by atoms with E-state index in [2.05, 4.69) is 20.3 Å². The van der Waals surface area contributed by atoms with Crippen molar-refractivity contribution in [2.24, 2.45) is 0 Å². The predicted molar refractivity (Wildman–Crippen MR) is 94.9 cm³/mol. The molecule has 9 heteroatoms. The fourth-order valence-corrected chi connectivity index (χ4v) is 2.81. The lowest BCUT2D eigenvalue weighted by Gasteiger charge is -1.99. The van der Waals surface area contributed by atoms with E-state index in [0.717, 1.165) is 11.1 Å². The molecule has 28 heavy (non-hydrogen) atoms.